The lowest BCUT2D eigenvalue weighted by Gasteiger charge is -2.17. The maximum Gasteiger partial charge on any atom is 0.326 e. The molecule has 1 aromatic rings. The molecule has 1 aliphatic heterocycles. The van der Waals surface area contributed by atoms with Crippen LogP contribution in [0, 0.1) is 5.92 Å². The fourth-order valence-electron chi connectivity index (χ4n) is 2.12. The lowest BCUT2D eigenvalue weighted by atomic mass is 10.0. The monoisotopic (exact) mass is 253 g/mol. The van der Waals surface area contributed by atoms with Gasteiger partial charge in [-0.05, 0) is 13.3 Å². The van der Waals surface area contributed by atoms with Crippen LogP contribution in [0.3, 0.4) is 0 Å². The zero-order valence-corrected chi connectivity index (χ0v) is 9.97. The van der Waals surface area contributed by atoms with Crippen LogP contribution in [0.1, 0.15) is 23.8 Å². The first kappa shape index (κ1) is 12.6. The summed E-state index contributed by atoms with van der Waals surface area (Å²) in [5.74, 6) is -0.344. The van der Waals surface area contributed by atoms with Gasteiger partial charge in [0.25, 0.3) is 11.5 Å². The van der Waals surface area contributed by atoms with E-state index in [0.717, 1.165) is 12.5 Å². The van der Waals surface area contributed by atoms with Gasteiger partial charge in [-0.2, -0.15) is 0 Å². The molecule has 0 bridgehead atoms. The predicted octanol–water partition coefficient (Wildman–Crippen LogP) is -1.09. The Kier molecular flexibility index (Phi) is 3.33. The molecule has 1 aliphatic rings. The Morgan fingerprint density at radius 3 is 2.78 bits per heavy atom. The Labute approximate surface area is 102 Å². The Morgan fingerprint density at radius 1 is 1.50 bits per heavy atom. The number of aromatic amines is 2. The van der Waals surface area contributed by atoms with Crippen LogP contribution in [0.15, 0.2) is 15.7 Å². The molecule has 18 heavy (non-hydrogen) atoms. The molecule has 0 saturated carbocycles. The topological polar surface area (TPSA) is 106 Å². The Balaban J connectivity index is 2.18. The predicted molar refractivity (Wildman–Crippen MR) is 63.4 cm³/mol. The summed E-state index contributed by atoms with van der Waals surface area (Å²) in [7, 11) is 0. The second kappa shape index (κ2) is 4.77. The van der Waals surface area contributed by atoms with Crippen molar-refractivity contribution in [3.8, 4) is 0 Å². The highest BCUT2D eigenvalue weighted by molar-refractivity contribution is 5.92. The molecule has 0 radical (unpaired) electrons. The molecule has 2 rings (SSSR count). The first-order chi connectivity index (χ1) is 8.47. The van der Waals surface area contributed by atoms with Crippen LogP contribution in [0.4, 0.5) is 0 Å². The molecule has 0 aromatic carbocycles. The fraction of sp³-hybridized carbons (Fsp3) is 0.545. The zero-order chi connectivity index (χ0) is 13.3. The normalized spacial score (nSPS) is 21.0. The second-order valence-corrected chi connectivity index (χ2v) is 4.54. The summed E-state index contributed by atoms with van der Waals surface area (Å²) in [6.07, 6.45) is 0.248. The number of amides is 1. The third-order valence-corrected chi connectivity index (χ3v) is 3.18. The maximum atomic E-state index is 12.0. The van der Waals surface area contributed by atoms with E-state index in [0.29, 0.717) is 13.1 Å². The van der Waals surface area contributed by atoms with Gasteiger partial charge < -0.3 is 15.0 Å². The van der Waals surface area contributed by atoms with Gasteiger partial charge in [-0.25, -0.2) is 4.79 Å². The fourth-order valence-corrected chi connectivity index (χ4v) is 2.12. The van der Waals surface area contributed by atoms with Crippen molar-refractivity contribution in [2.24, 2.45) is 5.92 Å². The summed E-state index contributed by atoms with van der Waals surface area (Å²) in [5.41, 5.74) is -1.32. The van der Waals surface area contributed by atoms with E-state index in [-0.39, 0.29) is 17.5 Å². The van der Waals surface area contributed by atoms with Crippen LogP contribution in [-0.4, -0.2) is 45.1 Å². The van der Waals surface area contributed by atoms with Crippen molar-refractivity contribution in [1.29, 1.82) is 0 Å². The molecule has 7 nitrogen and oxygen atoms in total. The number of aliphatic hydroxyl groups excluding tert-OH is 1. The summed E-state index contributed by atoms with van der Waals surface area (Å²) in [4.78, 5) is 40.1. The van der Waals surface area contributed by atoms with Crippen molar-refractivity contribution in [1.82, 2.24) is 14.9 Å². The van der Waals surface area contributed by atoms with Crippen molar-refractivity contribution in [3.05, 3.63) is 32.6 Å². The number of hydrogen-bond donors (Lipinski definition) is 3. The largest absolute Gasteiger partial charge is 0.393 e. The molecule has 1 aromatic heterocycles. The van der Waals surface area contributed by atoms with E-state index in [1.165, 1.54) is 4.90 Å². The van der Waals surface area contributed by atoms with Crippen molar-refractivity contribution >= 4 is 5.91 Å². The van der Waals surface area contributed by atoms with E-state index in [1.54, 1.807) is 6.92 Å². The molecule has 3 N–H and O–H groups in total. The number of carbonyl (C=O) groups excluding carboxylic acids is 1. The SMILES string of the molecule is CC(O)C1CCN(C(=O)c2cc(=O)[nH]c(=O)[nH]2)C1. The maximum absolute atomic E-state index is 12.0. The highest BCUT2D eigenvalue weighted by Gasteiger charge is 2.30. The smallest absolute Gasteiger partial charge is 0.326 e. The molecule has 0 aliphatic carbocycles. The molecule has 2 atom stereocenters. The Morgan fingerprint density at radius 2 is 2.22 bits per heavy atom. The molecule has 1 saturated heterocycles. The molecule has 1 fully saturated rings. The van der Waals surface area contributed by atoms with Gasteiger partial charge in [0.2, 0.25) is 0 Å². The molecule has 2 unspecified atom stereocenters. The number of likely N-dealkylation sites (tertiary alicyclic amines) is 1. The lowest BCUT2D eigenvalue weighted by molar-refractivity contribution is 0.0756. The van der Waals surface area contributed by atoms with Gasteiger partial charge in [-0.15, -0.1) is 0 Å². The Bertz CT molecular complexity index is 532. The minimum atomic E-state index is -0.697. The van der Waals surface area contributed by atoms with Crippen molar-refractivity contribution in [2.75, 3.05) is 13.1 Å². The van der Waals surface area contributed by atoms with E-state index in [1.807, 2.05) is 4.98 Å². The lowest BCUT2D eigenvalue weighted by Crippen LogP contribution is -2.34. The van der Waals surface area contributed by atoms with Crippen molar-refractivity contribution in [3.63, 3.8) is 0 Å². The summed E-state index contributed by atoms with van der Waals surface area (Å²) >= 11 is 0. The van der Waals surface area contributed by atoms with E-state index >= 15 is 0 Å². The van der Waals surface area contributed by atoms with Crippen LogP contribution in [0.25, 0.3) is 0 Å². The highest BCUT2D eigenvalue weighted by atomic mass is 16.3. The summed E-state index contributed by atoms with van der Waals surface area (Å²) in [5, 5.41) is 9.46. The number of aliphatic hydroxyl groups is 1. The zero-order valence-electron chi connectivity index (χ0n) is 9.97. The number of carbonyl (C=O) groups is 1. The number of H-pyrrole nitrogens is 2. The van der Waals surface area contributed by atoms with Crippen LogP contribution in [0.5, 0.6) is 0 Å². The number of aromatic nitrogens is 2. The van der Waals surface area contributed by atoms with E-state index in [9.17, 15) is 19.5 Å². The average molecular weight is 253 g/mol. The number of rotatable bonds is 2. The van der Waals surface area contributed by atoms with Crippen molar-refractivity contribution in [2.45, 2.75) is 19.4 Å². The first-order valence-corrected chi connectivity index (χ1v) is 5.78. The Hall–Kier alpha value is -1.89. The van der Waals surface area contributed by atoms with Gasteiger partial charge in [0.05, 0.1) is 6.10 Å². The molecule has 98 valence electrons. The molecule has 1 amide bonds. The third-order valence-electron chi connectivity index (χ3n) is 3.18. The van der Waals surface area contributed by atoms with E-state index in [4.69, 9.17) is 0 Å². The molecular weight excluding hydrogens is 238 g/mol. The minimum absolute atomic E-state index is 0.0185. The second-order valence-electron chi connectivity index (χ2n) is 4.54. The number of hydrogen-bond acceptors (Lipinski definition) is 4. The van der Waals surface area contributed by atoms with Crippen LogP contribution >= 0.6 is 0 Å². The highest BCUT2D eigenvalue weighted by Crippen LogP contribution is 2.20. The van der Waals surface area contributed by atoms with Crippen molar-refractivity contribution < 1.29 is 9.90 Å². The summed E-state index contributed by atoms with van der Waals surface area (Å²) in [6.45, 7) is 2.64. The minimum Gasteiger partial charge on any atom is -0.393 e. The van der Waals surface area contributed by atoms with Crippen LogP contribution in [0.2, 0.25) is 0 Å². The molecule has 2 heterocycles. The van der Waals surface area contributed by atoms with Gasteiger partial charge in [0.15, 0.2) is 0 Å². The van der Waals surface area contributed by atoms with Gasteiger partial charge in [-0.3, -0.25) is 14.6 Å². The van der Waals surface area contributed by atoms with E-state index < -0.39 is 17.4 Å². The van der Waals surface area contributed by atoms with E-state index in [2.05, 4.69) is 4.98 Å². The van der Waals surface area contributed by atoms with Crippen LogP contribution in [-0.2, 0) is 0 Å². The molecular formula is C11H15N3O4. The first-order valence-electron chi connectivity index (χ1n) is 5.78. The van der Waals surface area contributed by atoms with Gasteiger partial charge >= 0.3 is 5.69 Å². The third kappa shape index (κ3) is 2.51. The van der Waals surface area contributed by atoms with Crippen LogP contribution < -0.4 is 11.2 Å². The average Bonchev–Trinajstić information content (AvgIpc) is 2.75. The number of nitrogens with one attached hydrogen (secondary N) is 2. The standard InChI is InChI=1S/C11H15N3O4/c1-6(15)7-2-3-14(5-7)10(17)8-4-9(16)13-11(18)12-8/h4,6-7,15H,2-3,5H2,1H3,(H2,12,13,16,18). The summed E-state index contributed by atoms with van der Waals surface area (Å²) in [6, 6.07) is 1.07. The summed E-state index contributed by atoms with van der Waals surface area (Å²) < 4.78 is 0. The van der Waals surface area contributed by atoms with Gasteiger partial charge in [0.1, 0.15) is 5.69 Å². The van der Waals surface area contributed by atoms with Gasteiger partial charge in [-0.1, -0.05) is 0 Å². The molecule has 7 heteroatoms. The molecule has 0 spiro atoms. The quantitative estimate of drug-likeness (QED) is 0.622. The number of nitrogens with zero attached hydrogens (tertiary/aromatic N) is 1. The van der Waals surface area contributed by atoms with Gasteiger partial charge in [0, 0.05) is 25.1 Å².